The summed E-state index contributed by atoms with van der Waals surface area (Å²) in [5.41, 5.74) is 3.45. The zero-order valence-electron chi connectivity index (χ0n) is 20.0. The second kappa shape index (κ2) is 8.50. The molecule has 0 atom stereocenters. The first-order chi connectivity index (χ1) is 13.1. The van der Waals surface area contributed by atoms with Crippen molar-refractivity contribution < 1.29 is 8.85 Å². The summed E-state index contributed by atoms with van der Waals surface area (Å²) in [6.45, 7) is 24.2. The Morgan fingerprint density at radius 3 is 2.00 bits per heavy atom. The maximum atomic E-state index is 6.60. The van der Waals surface area contributed by atoms with Gasteiger partial charge in [-0.15, -0.1) is 0 Å². The van der Waals surface area contributed by atoms with E-state index in [4.69, 9.17) is 20.5 Å². The lowest BCUT2D eigenvalue weighted by Gasteiger charge is -2.36. The van der Waals surface area contributed by atoms with Gasteiger partial charge in [-0.25, -0.2) is 0 Å². The van der Waals surface area contributed by atoms with Crippen LogP contribution in [0.2, 0.25) is 41.3 Å². The SMILES string of the molecule is CC(C)(C)[Si](C)(C)OCCc1c(CO[Si](C)(C)C(C)(C)C)[nH]c2cccc(Cl)c12. The molecule has 0 aliphatic carbocycles. The molecule has 2 aromatic rings. The van der Waals surface area contributed by atoms with Crippen LogP contribution in [0.15, 0.2) is 18.2 Å². The molecule has 0 fully saturated rings. The molecule has 29 heavy (non-hydrogen) atoms. The van der Waals surface area contributed by atoms with E-state index in [1.165, 1.54) is 5.56 Å². The first kappa shape index (κ1) is 24.7. The number of aromatic amines is 1. The highest BCUT2D eigenvalue weighted by Crippen LogP contribution is 2.39. The van der Waals surface area contributed by atoms with Crippen LogP contribution in [-0.4, -0.2) is 28.2 Å². The summed E-state index contributed by atoms with van der Waals surface area (Å²) in [6, 6.07) is 6.05. The van der Waals surface area contributed by atoms with E-state index in [9.17, 15) is 0 Å². The van der Waals surface area contributed by atoms with Gasteiger partial charge in [0, 0.05) is 23.2 Å². The third kappa shape index (κ3) is 5.56. The highest BCUT2D eigenvalue weighted by atomic mass is 35.5. The van der Waals surface area contributed by atoms with Crippen molar-refractivity contribution in [2.75, 3.05) is 6.61 Å². The van der Waals surface area contributed by atoms with E-state index >= 15 is 0 Å². The van der Waals surface area contributed by atoms with Crippen LogP contribution in [0.1, 0.15) is 52.8 Å². The smallest absolute Gasteiger partial charge is 0.192 e. The Labute approximate surface area is 184 Å². The molecule has 0 bridgehead atoms. The Balaban J connectivity index is 2.29. The van der Waals surface area contributed by atoms with Gasteiger partial charge in [-0.05, 0) is 60.4 Å². The number of nitrogens with one attached hydrogen (secondary N) is 1. The van der Waals surface area contributed by atoms with Gasteiger partial charge in [0.2, 0.25) is 0 Å². The van der Waals surface area contributed by atoms with Crippen molar-refractivity contribution in [3.05, 3.63) is 34.5 Å². The molecule has 0 aliphatic heterocycles. The summed E-state index contributed by atoms with van der Waals surface area (Å²) in [5, 5.41) is 2.29. The molecule has 1 aromatic heterocycles. The average Bonchev–Trinajstić information content (AvgIpc) is 2.90. The molecule has 1 N–H and O–H groups in total. The maximum Gasteiger partial charge on any atom is 0.192 e. The van der Waals surface area contributed by atoms with E-state index in [1.807, 2.05) is 12.1 Å². The molecule has 0 saturated carbocycles. The van der Waals surface area contributed by atoms with Crippen LogP contribution in [0.5, 0.6) is 0 Å². The number of hydrogen-bond acceptors (Lipinski definition) is 2. The van der Waals surface area contributed by atoms with Crippen molar-refractivity contribution in [1.29, 1.82) is 0 Å². The van der Waals surface area contributed by atoms with Crippen molar-refractivity contribution >= 4 is 39.1 Å². The molecule has 2 rings (SSSR count). The summed E-state index contributed by atoms with van der Waals surface area (Å²) < 4.78 is 13.0. The van der Waals surface area contributed by atoms with Gasteiger partial charge in [0.15, 0.2) is 16.6 Å². The molecule has 0 unspecified atom stereocenters. The minimum Gasteiger partial charge on any atom is -0.416 e. The molecule has 0 amide bonds. The van der Waals surface area contributed by atoms with Gasteiger partial charge >= 0.3 is 0 Å². The fourth-order valence-corrected chi connectivity index (χ4v) is 5.09. The highest BCUT2D eigenvalue weighted by molar-refractivity contribution is 6.74. The zero-order valence-corrected chi connectivity index (χ0v) is 22.8. The second-order valence-corrected chi connectivity index (χ2v) is 21.2. The first-order valence-corrected chi connectivity index (χ1v) is 16.8. The lowest BCUT2D eigenvalue weighted by atomic mass is 10.1. The predicted molar refractivity (Wildman–Crippen MR) is 132 cm³/mol. The molecule has 0 spiro atoms. The summed E-state index contributed by atoms with van der Waals surface area (Å²) >= 11 is 6.60. The van der Waals surface area contributed by atoms with E-state index < -0.39 is 16.6 Å². The third-order valence-corrected chi connectivity index (χ3v) is 16.3. The van der Waals surface area contributed by atoms with Crippen LogP contribution in [0.3, 0.4) is 0 Å². The normalized spacial score (nSPS) is 14.0. The van der Waals surface area contributed by atoms with Crippen molar-refractivity contribution in [2.24, 2.45) is 0 Å². The number of halogens is 1. The van der Waals surface area contributed by atoms with Crippen molar-refractivity contribution in [2.45, 2.75) is 90.8 Å². The van der Waals surface area contributed by atoms with Crippen molar-refractivity contribution in [1.82, 2.24) is 4.98 Å². The topological polar surface area (TPSA) is 34.2 Å². The standard InChI is InChI=1S/C23H40ClNO2Si2/c1-22(2,3)28(7,8)26-15-14-17-20(16-27-29(9,10)23(4,5)6)25-19-13-11-12-18(24)21(17)19/h11-13,25H,14-16H2,1-10H3. The number of aromatic nitrogens is 1. The molecule has 0 saturated heterocycles. The number of fused-ring (bicyclic) bond motifs is 1. The first-order valence-electron chi connectivity index (χ1n) is 10.6. The van der Waals surface area contributed by atoms with E-state index in [1.54, 1.807) is 0 Å². The summed E-state index contributed by atoms with van der Waals surface area (Å²) in [7, 11) is -3.61. The van der Waals surface area contributed by atoms with Gasteiger partial charge in [-0.3, -0.25) is 0 Å². The summed E-state index contributed by atoms with van der Waals surface area (Å²) in [5.74, 6) is 0. The van der Waals surface area contributed by atoms with Gasteiger partial charge < -0.3 is 13.8 Å². The Bertz CT molecular complexity index is 845. The van der Waals surface area contributed by atoms with Gasteiger partial charge in [0.25, 0.3) is 0 Å². The lowest BCUT2D eigenvalue weighted by Crippen LogP contribution is -2.41. The van der Waals surface area contributed by atoms with Crippen LogP contribution in [-0.2, 0) is 21.9 Å². The fourth-order valence-electron chi connectivity index (χ4n) is 2.82. The number of benzene rings is 1. The van der Waals surface area contributed by atoms with Gasteiger partial charge in [-0.2, -0.15) is 0 Å². The molecular weight excluding hydrogens is 414 g/mol. The number of H-pyrrole nitrogens is 1. The molecule has 164 valence electrons. The Hall–Kier alpha value is -0.596. The fraction of sp³-hybridized carbons (Fsp3) is 0.652. The molecule has 3 nitrogen and oxygen atoms in total. The lowest BCUT2D eigenvalue weighted by molar-refractivity contribution is 0.268. The minimum atomic E-state index is -1.84. The molecular formula is C23H40ClNO2Si2. The highest BCUT2D eigenvalue weighted by Gasteiger charge is 2.38. The van der Waals surface area contributed by atoms with Crippen LogP contribution < -0.4 is 0 Å². The van der Waals surface area contributed by atoms with Gasteiger partial charge in [-0.1, -0.05) is 59.2 Å². The Morgan fingerprint density at radius 1 is 0.897 bits per heavy atom. The average molecular weight is 454 g/mol. The van der Waals surface area contributed by atoms with E-state index in [2.05, 4.69) is 78.8 Å². The predicted octanol–water partition coefficient (Wildman–Crippen LogP) is 7.91. The Morgan fingerprint density at radius 2 is 1.45 bits per heavy atom. The Kier molecular flexibility index (Phi) is 7.23. The van der Waals surface area contributed by atoms with Gasteiger partial charge in [0.1, 0.15) is 0 Å². The van der Waals surface area contributed by atoms with Gasteiger partial charge in [0.05, 0.1) is 11.6 Å². The quantitative estimate of drug-likeness (QED) is 0.432. The number of rotatable bonds is 7. The van der Waals surface area contributed by atoms with Crippen LogP contribution >= 0.6 is 11.6 Å². The summed E-state index contributed by atoms with van der Waals surface area (Å²) in [6.07, 6.45) is 0.840. The van der Waals surface area contributed by atoms with Crippen molar-refractivity contribution in [3.8, 4) is 0 Å². The molecule has 0 radical (unpaired) electrons. The molecule has 1 heterocycles. The van der Waals surface area contributed by atoms with Crippen LogP contribution in [0.4, 0.5) is 0 Å². The zero-order chi connectivity index (χ0) is 22.3. The minimum absolute atomic E-state index is 0.183. The maximum absolute atomic E-state index is 6.60. The third-order valence-electron chi connectivity index (χ3n) is 6.97. The van der Waals surface area contributed by atoms with E-state index in [0.29, 0.717) is 13.2 Å². The second-order valence-electron chi connectivity index (χ2n) is 11.2. The molecule has 0 aliphatic rings. The van der Waals surface area contributed by atoms with E-state index in [0.717, 1.165) is 28.0 Å². The molecule has 1 aromatic carbocycles. The largest absolute Gasteiger partial charge is 0.416 e. The van der Waals surface area contributed by atoms with Crippen molar-refractivity contribution in [3.63, 3.8) is 0 Å². The van der Waals surface area contributed by atoms with Crippen LogP contribution in [0, 0.1) is 0 Å². The number of hydrogen-bond donors (Lipinski definition) is 1. The monoisotopic (exact) mass is 453 g/mol. The van der Waals surface area contributed by atoms with Crippen LogP contribution in [0.25, 0.3) is 10.9 Å². The molecule has 6 heteroatoms. The van der Waals surface area contributed by atoms with E-state index in [-0.39, 0.29) is 10.1 Å². The summed E-state index contributed by atoms with van der Waals surface area (Å²) in [4.78, 5) is 3.58.